The average Bonchev–Trinajstić information content (AvgIpc) is 2.43. The lowest BCUT2D eigenvalue weighted by Crippen LogP contribution is -2.08. The number of ether oxygens (including phenoxy) is 1. The molecule has 1 aromatic carbocycles. The summed E-state index contributed by atoms with van der Waals surface area (Å²) in [5.74, 6) is 1.57. The molecule has 0 aliphatic rings. The standard InChI is InChI=1S/C14H16N4O2/c1-3-20-12-7-5-4-6-11(12)16-14-9-8-13(17-18-14)15-10(2)19/h4-9H,3H2,1-2H3,(H,16,18)(H,15,17,19). The number of nitrogens with one attached hydrogen (secondary N) is 2. The SMILES string of the molecule is CCOc1ccccc1Nc1ccc(NC(C)=O)nn1. The topological polar surface area (TPSA) is 76.1 Å². The molecule has 2 N–H and O–H groups in total. The number of anilines is 3. The first-order chi connectivity index (χ1) is 9.69. The lowest BCUT2D eigenvalue weighted by molar-refractivity contribution is -0.114. The monoisotopic (exact) mass is 272 g/mol. The van der Waals surface area contributed by atoms with E-state index in [0.717, 1.165) is 11.4 Å². The first kappa shape index (κ1) is 13.8. The predicted octanol–water partition coefficient (Wildman–Crippen LogP) is 2.58. The van der Waals surface area contributed by atoms with Crippen molar-refractivity contribution in [2.75, 3.05) is 17.2 Å². The summed E-state index contributed by atoms with van der Waals surface area (Å²) in [6.07, 6.45) is 0. The van der Waals surface area contributed by atoms with Crippen molar-refractivity contribution < 1.29 is 9.53 Å². The molecule has 0 saturated carbocycles. The number of carbonyl (C=O) groups is 1. The van der Waals surface area contributed by atoms with E-state index in [1.807, 2.05) is 31.2 Å². The first-order valence-corrected chi connectivity index (χ1v) is 6.29. The molecule has 1 aromatic heterocycles. The van der Waals surface area contributed by atoms with Crippen LogP contribution in [0.5, 0.6) is 5.75 Å². The van der Waals surface area contributed by atoms with Gasteiger partial charge < -0.3 is 15.4 Å². The minimum atomic E-state index is -0.179. The van der Waals surface area contributed by atoms with Gasteiger partial charge in [-0.3, -0.25) is 4.79 Å². The molecule has 6 heteroatoms. The van der Waals surface area contributed by atoms with Crippen molar-refractivity contribution in [1.29, 1.82) is 0 Å². The lowest BCUT2D eigenvalue weighted by atomic mass is 10.3. The Morgan fingerprint density at radius 3 is 2.50 bits per heavy atom. The van der Waals surface area contributed by atoms with Gasteiger partial charge in [0.15, 0.2) is 11.6 Å². The summed E-state index contributed by atoms with van der Waals surface area (Å²) in [6, 6.07) is 11.0. The van der Waals surface area contributed by atoms with Gasteiger partial charge in [-0.1, -0.05) is 12.1 Å². The summed E-state index contributed by atoms with van der Waals surface area (Å²) < 4.78 is 5.52. The molecule has 1 amide bonds. The van der Waals surface area contributed by atoms with Crippen molar-refractivity contribution in [3.05, 3.63) is 36.4 Å². The number of rotatable bonds is 5. The Morgan fingerprint density at radius 2 is 1.85 bits per heavy atom. The Balaban J connectivity index is 2.12. The molecule has 0 aliphatic carbocycles. The molecular weight excluding hydrogens is 256 g/mol. The van der Waals surface area contributed by atoms with Crippen LogP contribution in [0.1, 0.15) is 13.8 Å². The minimum Gasteiger partial charge on any atom is -0.492 e. The van der Waals surface area contributed by atoms with Crippen LogP contribution in [0.3, 0.4) is 0 Å². The van der Waals surface area contributed by atoms with E-state index in [9.17, 15) is 4.79 Å². The Bertz CT molecular complexity index is 584. The summed E-state index contributed by atoms with van der Waals surface area (Å²) in [6.45, 7) is 3.94. The molecule has 0 aliphatic heterocycles. The van der Waals surface area contributed by atoms with Crippen molar-refractivity contribution in [1.82, 2.24) is 10.2 Å². The van der Waals surface area contributed by atoms with E-state index in [4.69, 9.17) is 4.74 Å². The largest absolute Gasteiger partial charge is 0.492 e. The number of nitrogens with zero attached hydrogens (tertiary/aromatic N) is 2. The highest BCUT2D eigenvalue weighted by atomic mass is 16.5. The summed E-state index contributed by atoms with van der Waals surface area (Å²) >= 11 is 0. The Kier molecular flexibility index (Phi) is 4.49. The van der Waals surface area contributed by atoms with Gasteiger partial charge in [-0.15, -0.1) is 10.2 Å². The van der Waals surface area contributed by atoms with E-state index in [1.54, 1.807) is 12.1 Å². The third-order valence-electron chi connectivity index (χ3n) is 2.42. The highest BCUT2D eigenvalue weighted by molar-refractivity contribution is 5.87. The van der Waals surface area contributed by atoms with Crippen LogP contribution in [-0.4, -0.2) is 22.7 Å². The maximum Gasteiger partial charge on any atom is 0.222 e. The van der Waals surface area contributed by atoms with E-state index in [2.05, 4.69) is 20.8 Å². The number of amides is 1. The van der Waals surface area contributed by atoms with Crippen LogP contribution in [0.25, 0.3) is 0 Å². The van der Waals surface area contributed by atoms with E-state index < -0.39 is 0 Å². The zero-order valence-electron chi connectivity index (χ0n) is 11.4. The van der Waals surface area contributed by atoms with Crippen molar-refractivity contribution in [3.63, 3.8) is 0 Å². The van der Waals surface area contributed by atoms with E-state index in [0.29, 0.717) is 18.2 Å². The van der Waals surface area contributed by atoms with Crippen molar-refractivity contribution in [2.45, 2.75) is 13.8 Å². The van der Waals surface area contributed by atoms with E-state index in [-0.39, 0.29) is 5.91 Å². The minimum absolute atomic E-state index is 0.179. The van der Waals surface area contributed by atoms with Crippen LogP contribution in [0.2, 0.25) is 0 Å². The molecule has 0 bridgehead atoms. The summed E-state index contributed by atoms with van der Waals surface area (Å²) in [4.78, 5) is 10.9. The number of para-hydroxylation sites is 2. The zero-order valence-corrected chi connectivity index (χ0v) is 11.4. The first-order valence-electron chi connectivity index (χ1n) is 6.29. The van der Waals surface area contributed by atoms with Crippen LogP contribution in [-0.2, 0) is 4.79 Å². The second-order valence-corrected chi connectivity index (χ2v) is 4.04. The fraction of sp³-hybridized carbons (Fsp3) is 0.214. The molecule has 1 heterocycles. The molecule has 0 fully saturated rings. The quantitative estimate of drug-likeness (QED) is 0.874. The summed E-state index contributed by atoms with van der Waals surface area (Å²) in [5.41, 5.74) is 0.816. The number of benzene rings is 1. The second kappa shape index (κ2) is 6.51. The molecule has 0 spiro atoms. The van der Waals surface area contributed by atoms with Gasteiger partial charge in [-0.2, -0.15) is 0 Å². The third kappa shape index (κ3) is 3.68. The second-order valence-electron chi connectivity index (χ2n) is 4.04. The molecule has 2 aromatic rings. The van der Waals surface area contributed by atoms with Gasteiger partial charge in [0.25, 0.3) is 0 Å². The van der Waals surface area contributed by atoms with Gasteiger partial charge in [-0.25, -0.2) is 0 Å². The molecule has 2 rings (SSSR count). The average molecular weight is 272 g/mol. The molecule has 6 nitrogen and oxygen atoms in total. The van der Waals surface area contributed by atoms with Crippen LogP contribution in [0.15, 0.2) is 36.4 Å². The third-order valence-corrected chi connectivity index (χ3v) is 2.42. The Labute approximate surface area is 117 Å². The molecule has 104 valence electrons. The number of carbonyl (C=O) groups excluding carboxylic acids is 1. The van der Waals surface area contributed by atoms with Gasteiger partial charge in [0.05, 0.1) is 12.3 Å². The fourth-order valence-electron chi connectivity index (χ4n) is 1.64. The highest BCUT2D eigenvalue weighted by Gasteiger charge is 2.04. The zero-order chi connectivity index (χ0) is 14.4. The van der Waals surface area contributed by atoms with E-state index in [1.165, 1.54) is 6.92 Å². The van der Waals surface area contributed by atoms with Crippen molar-refractivity contribution >= 4 is 23.2 Å². The molecule has 20 heavy (non-hydrogen) atoms. The molecule has 0 atom stereocenters. The summed E-state index contributed by atoms with van der Waals surface area (Å²) in [7, 11) is 0. The number of hydrogen-bond acceptors (Lipinski definition) is 5. The fourth-order valence-corrected chi connectivity index (χ4v) is 1.64. The lowest BCUT2D eigenvalue weighted by Gasteiger charge is -2.11. The summed E-state index contributed by atoms with van der Waals surface area (Å²) in [5, 5.41) is 13.6. The maximum atomic E-state index is 10.9. The van der Waals surface area contributed by atoms with Gasteiger partial charge >= 0.3 is 0 Å². The maximum absolute atomic E-state index is 10.9. The van der Waals surface area contributed by atoms with Crippen LogP contribution < -0.4 is 15.4 Å². The number of hydrogen-bond donors (Lipinski definition) is 2. The molecule has 0 unspecified atom stereocenters. The molecule has 0 saturated heterocycles. The number of aromatic nitrogens is 2. The normalized spacial score (nSPS) is 9.90. The van der Waals surface area contributed by atoms with Crippen LogP contribution in [0.4, 0.5) is 17.3 Å². The van der Waals surface area contributed by atoms with Crippen LogP contribution in [0, 0.1) is 0 Å². The van der Waals surface area contributed by atoms with Gasteiger partial charge in [0, 0.05) is 6.92 Å². The van der Waals surface area contributed by atoms with Gasteiger partial charge in [0.2, 0.25) is 5.91 Å². The Hall–Kier alpha value is -2.63. The smallest absolute Gasteiger partial charge is 0.222 e. The van der Waals surface area contributed by atoms with Crippen molar-refractivity contribution in [2.24, 2.45) is 0 Å². The van der Waals surface area contributed by atoms with Crippen molar-refractivity contribution in [3.8, 4) is 5.75 Å². The molecule has 0 radical (unpaired) electrons. The molecular formula is C14H16N4O2. The highest BCUT2D eigenvalue weighted by Crippen LogP contribution is 2.26. The Morgan fingerprint density at radius 1 is 1.15 bits per heavy atom. The van der Waals surface area contributed by atoms with E-state index >= 15 is 0 Å². The van der Waals surface area contributed by atoms with Gasteiger partial charge in [0.1, 0.15) is 5.75 Å². The predicted molar refractivity (Wildman–Crippen MR) is 77.2 cm³/mol. The van der Waals surface area contributed by atoms with Gasteiger partial charge in [-0.05, 0) is 31.2 Å². The van der Waals surface area contributed by atoms with Crippen LogP contribution >= 0.6 is 0 Å².